The highest BCUT2D eigenvalue weighted by molar-refractivity contribution is 5.92. The molecule has 0 bridgehead atoms. The lowest BCUT2D eigenvalue weighted by Gasteiger charge is -2.28. The van der Waals surface area contributed by atoms with Gasteiger partial charge in [-0.25, -0.2) is 19.7 Å². The van der Waals surface area contributed by atoms with Gasteiger partial charge in [-0.05, 0) is 38.7 Å². The van der Waals surface area contributed by atoms with E-state index in [1.807, 2.05) is 6.92 Å². The van der Waals surface area contributed by atoms with Crippen LogP contribution in [0.25, 0.3) is 5.95 Å². The van der Waals surface area contributed by atoms with Crippen molar-refractivity contribution in [3.8, 4) is 5.95 Å². The number of nitrogens with zero attached hydrogens (tertiary/aromatic N) is 4. The highest BCUT2D eigenvalue weighted by Gasteiger charge is 2.24. The Balaban J connectivity index is 1.63. The van der Waals surface area contributed by atoms with Crippen molar-refractivity contribution in [3.63, 3.8) is 0 Å². The average Bonchev–Trinajstić information content (AvgIpc) is 3.10. The molecule has 2 aromatic heterocycles. The first kappa shape index (κ1) is 16.9. The van der Waals surface area contributed by atoms with Gasteiger partial charge in [0.25, 0.3) is 5.91 Å². The number of carboxylic acid groups (broad SMARTS) is 1. The van der Waals surface area contributed by atoms with E-state index in [2.05, 4.69) is 25.6 Å². The summed E-state index contributed by atoms with van der Waals surface area (Å²) in [6.07, 6.45) is 6.79. The lowest BCUT2D eigenvalue weighted by molar-refractivity contribution is 0.0917. The van der Waals surface area contributed by atoms with Crippen LogP contribution in [0, 0.1) is 6.92 Å². The summed E-state index contributed by atoms with van der Waals surface area (Å²) in [6, 6.07) is 1.62. The quantitative estimate of drug-likeness (QED) is 0.768. The van der Waals surface area contributed by atoms with Crippen molar-refractivity contribution in [2.75, 3.05) is 0 Å². The van der Waals surface area contributed by atoms with Crippen LogP contribution in [-0.4, -0.2) is 48.7 Å². The molecule has 2 amide bonds. The monoisotopic (exact) mass is 344 g/mol. The third-order valence-corrected chi connectivity index (χ3v) is 4.20. The van der Waals surface area contributed by atoms with Crippen LogP contribution in [0.1, 0.15) is 41.9 Å². The van der Waals surface area contributed by atoms with Crippen LogP contribution < -0.4 is 10.6 Å². The molecule has 0 atom stereocenters. The second-order valence-electron chi connectivity index (χ2n) is 6.14. The van der Waals surface area contributed by atoms with Gasteiger partial charge in [0, 0.05) is 30.2 Å². The Morgan fingerprint density at radius 3 is 2.44 bits per heavy atom. The zero-order valence-electron chi connectivity index (χ0n) is 13.8. The molecule has 132 valence electrons. The Kier molecular flexibility index (Phi) is 4.92. The first-order valence-corrected chi connectivity index (χ1v) is 8.15. The van der Waals surface area contributed by atoms with E-state index in [0.29, 0.717) is 30.2 Å². The fraction of sp³-hybridized carbons (Fsp3) is 0.438. The summed E-state index contributed by atoms with van der Waals surface area (Å²) in [6.45, 7) is 1.81. The first-order chi connectivity index (χ1) is 12.0. The zero-order chi connectivity index (χ0) is 17.8. The molecule has 0 unspecified atom stereocenters. The number of rotatable bonds is 4. The summed E-state index contributed by atoms with van der Waals surface area (Å²) in [5.74, 6) is 0.151. The van der Waals surface area contributed by atoms with Crippen LogP contribution in [0.2, 0.25) is 0 Å². The Labute approximate surface area is 144 Å². The summed E-state index contributed by atoms with van der Waals surface area (Å²) < 4.78 is 1.65. The SMILES string of the molecule is Cc1cc(C(=O)NC2CCC(NC(=O)O)CC2)nc(-n2ccnc2)n1. The summed E-state index contributed by atoms with van der Waals surface area (Å²) in [5.41, 5.74) is 1.00. The summed E-state index contributed by atoms with van der Waals surface area (Å²) >= 11 is 0. The lowest BCUT2D eigenvalue weighted by atomic mass is 9.91. The molecule has 0 radical (unpaired) electrons. The normalized spacial score (nSPS) is 20.0. The van der Waals surface area contributed by atoms with Crippen molar-refractivity contribution in [3.05, 3.63) is 36.2 Å². The minimum atomic E-state index is -1.00. The van der Waals surface area contributed by atoms with Gasteiger partial charge >= 0.3 is 6.09 Å². The van der Waals surface area contributed by atoms with Gasteiger partial charge in [-0.2, -0.15) is 0 Å². The summed E-state index contributed by atoms with van der Waals surface area (Å²) in [7, 11) is 0. The van der Waals surface area contributed by atoms with E-state index in [4.69, 9.17) is 5.11 Å². The largest absolute Gasteiger partial charge is 0.465 e. The molecule has 1 fully saturated rings. The molecule has 25 heavy (non-hydrogen) atoms. The van der Waals surface area contributed by atoms with Gasteiger partial charge in [0.2, 0.25) is 5.95 Å². The van der Waals surface area contributed by atoms with E-state index in [9.17, 15) is 9.59 Å². The van der Waals surface area contributed by atoms with E-state index >= 15 is 0 Å². The molecule has 9 heteroatoms. The number of amides is 2. The highest BCUT2D eigenvalue weighted by atomic mass is 16.4. The second-order valence-corrected chi connectivity index (χ2v) is 6.14. The standard InChI is InChI=1S/C16H20N6O3/c1-10-8-13(21-15(18-10)22-7-6-17-9-22)14(23)19-11-2-4-12(5-3-11)20-16(24)25/h6-9,11-12,20H,2-5H2,1H3,(H,19,23)(H,24,25). The van der Waals surface area contributed by atoms with Gasteiger partial charge in [0.1, 0.15) is 12.0 Å². The number of hydrogen-bond acceptors (Lipinski definition) is 5. The van der Waals surface area contributed by atoms with Crippen LogP contribution >= 0.6 is 0 Å². The van der Waals surface area contributed by atoms with Gasteiger partial charge in [-0.15, -0.1) is 0 Å². The third kappa shape index (κ3) is 4.31. The molecule has 1 aliphatic carbocycles. The molecule has 3 rings (SSSR count). The van der Waals surface area contributed by atoms with Gasteiger partial charge in [-0.1, -0.05) is 0 Å². The van der Waals surface area contributed by atoms with Crippen LogP contribution in [0.15, 0.2) is 24.8 Å². The Hall–Kier alpha value is -2.97. The van der Waals surface area contributed by atoms with Crippen molar-refractivity contribution in [2.24, 2.45) is 0 Å². The van der Waals surface area contributed by atoms with Crippen molar-refractivity contribution in [2.45, 2.75) is 44.7 Å². The molecule has 1 saturated carbocycles. The molecule has 2 heterocycles. The number of imidazole rings is 1. The van der Waals surface area contributed by atoms with E-state index < -0.39 is 6.09 Å². The molecule has 1 aliphatic rings. The molecule has 0 spiro atoms. The van der Waals surface area contributed by atoms with E-state index in [1.54, 1.807) is 29.4 Å². The van der Waals surface area contributed by atoms with E-state index in [-0.39, 0.29) is 18.0 Å². The fourth-order valence-electron chi connectivity index (χ4n) is 2.98. The number of nitrogens with one attached hydrogen (secondary N) is 2. The molecule has 3 N–H and O–H groups in total. The van der Waals surface area contributed by atoms with Crippen LogP contribution in [0.5, 0.6) is 0 Å². The smallest absolute Gasteiger partial charge is 0.404 e. The van der Waals surface area contributed by atoms with E-state index in [0.717, 1.165) is 12.8 Å². The number of carbonyl (C=O) groups is 2. The molecule has 0 aromatic carbocycles. The van der Waals surface area contributed by atoms with E-state index in [1.165, 1.54) is 0 Å². The number of aromatic nitrogens is 4. The Morgan fingerprint density at radius 2 is 1.84 bits per heavy atom. The first-order valence-electron chi connectivity index (χ1n) is 8.15. The molecule has 2 aromatic rings. The maximum Gasteiger partial charge on any atom is 0.404 e. The molecule has 0 aliphatic heterocycles. The predicted octanol–water partition coefficient (Wildman–Crippen LogP) is 1.28. The maximum atomic E-state index is 12.5. The van der Waals surface area contributed by atoms with Gasteiger partial charge in [0.15, 0.2) is 0 Å². The maximum absolute atomic E-state index is 12.5. The predicted molar refractivity (Wildman–Crippen MR) is 88.6 cm³/mol. The van der Waals surface area contributed by atoms with Crippen molar-refractivity contribution >= 4 is 12.0 Å². The Bertz CT molecular complexity index is 753. The number of hydrogen-bond donors (Lipinski definition) is 3. The number of carbonyl (C=O) groups excluding carboxylic acids is 1. The summed E-state index contributed by atoms with van der Waals surface area (Å²) in [4.78, 5) is 35.8. The second kappa shape index (κ2) is 7.29. The minimum absolute atomic E-state index is 0.0197. The van der Waals surface area contributed by atoms with Crippen molar-refractivity contribution in [1.29, 1.82) is 0 Å². The van der Waals surface area contributed by atoms with Gasteiger partial charge in [-0.3, -0.25) is 9.36 Å². The molecule has 9 nitrogen and oxygen atoms in total. The average molecular weight is 344 g/mol. The fourth-order valence-corrected chi connectivity index (χ4v) is 2.98. The summed E-state index contributed by atoms with van der Waals surface area (Å²) in [5, 5.41) is 14.2. The third-order valence-electron chi connectivity index (χ3n) is 4.20. The van der Waals surface area contributed by atoms with Crippen LogP contribution in [-0.2, 0) is 0 Å². The van der Waals surface area contributed by atoms with Gasteiger partial charge in [0.05, 0.1) is 0 Å². The van der Waals surface area contributed by atoms with Gasteiger partial charge < -0.3 is 15.7 Å². The van der Waals surface area contributed by atoms with Crippen LogP contribution in [0.4, 0.5) is 4.79 Å². The Morgan fingerprint density at radius 1 is 1.16 bits per heavy atom. The zero-order valence-corrected chi connectivity index (χ0v) is 13.8. The lowest BCUT2D eigenvalue weighted by Crippen LogP contribution is -2.43. The molecular formula is C16H20N6O3. The highest BCUT2D eigenvalue weighted by Crippen LogP contribution is 2.19. The minimum Gasteiger partial charge on any atom is -0.465 e. The van der Waals surface area contributed by atoms with Crippen molar-refractivity contribution < 1.29 is 14.7 Å². The molecule has 0 saturated heterocycles. The van der Waals surface area contributed by atoms with Crippen LogP contribution in [0.3, 0.4) is 0 Å². The number of aryl methyl sites for hydroxylation is 1. The topological polar surface area (TPSA) is 122 Å². The van der Waals surface area contributed by atoms with Crippen molar-refractivity contribution in [1.82, 2.24) is 30.2 Å². The molecular weight excluding hydrogens is 324 g/mol.